The molecular formula is C21H15Cl2N3O4S2. The van der Waals surface area contributed by atoms with Gasteiger partial charge in [0.05, 0.1) is 11.1 Å². The Morgan fingerprint density at radius 1 is 1.00 bits per heavy atom. The van der Waals surface area contributed by atoms with Gasteiger partial charge in [0.25, 0.3) is 5.91 Å². The summed E-state index contributed by atoms with van der Waals surface area (Å²) >= 11 is 13.2. The van der Waals surface area contributed by atoms with Crippen LogP contribution in [0.5, 0.6) is 11.6 Å². The maximum absolute atomic E-state index is 12.8. The molecule has 0 atom stereocenters. The summed E-state index contributed by atoms with van der Waals surface area (Å²) in [5.41, 5.74) is 0.838. The van der Waals surface area contributed by atoms with E-state index in [0.717, 1.165) is 16.3 Å². The van der Waals surface area contributed by atoms with Crippen molar-refractivity contribution in [2.75, 3.05) is 16.3 Å². The van der Waals surface area contributed by atoms with Crippen LogP contribution < -0.4 is 14.8 Å². The van der Waals surface area contributed by atoms with Gasteiger partial charge in [0.2, 0.25) is 15.9 Å². The molecule has 2 aromatic heterocycles. The van der Waals surface area contributed by atoms with Crippen molar-refractivity contribution in [1.82, 2.24) is 4.98 Å². The summed E-state index contributed by atoms with van der Waals surface area (Å²) in [5, 5.41) is 4.25. The first kappa shape index (κ1) is 22.3. The molecule has 1 amide bonds. The lowest BCUT2D eigenvalue weighted by Crippen LogP contribution is -2.10. The number of hydrogen-bond donors (Lipinski definition) is 2. The third-order valence-corrected chi connectivity index (χ3v) is 6.27. The molecule has 0 fully saturated rings. The highest BCUT2D eigenvalue weighted by Gasteiger charge is 2.13. The van der Waals surface area contributed by atoms with Gasteiger partial charge in [0.15, 0.2) is 0 Å². The fourth-order valence-corrected chi connectivity index (χ4v) is 4.67. The lowest BCUT2D eigenvalue weighted by molar-refractivity contribution is 0.103. The maximum atomic E-state index is 12.8. The zero-order valence-corrected chi connectivity index (χ0v) is 19.6. The van der Waals surface area contributed by atoms with Gasteiger partial charge in [-0.15, -0.1) is 11.3 Å². The maximum Gasteiger partial charge on any atom is 0.265 e. The van der Waals surface area contributed by atoms with Gasteiger partial charge in [-0.1, -0.05) is 23.2 Å². The normalized spacial score (nSPS) is 11.3. The smallest absolute Gasteiger partial charge is 0.265 e. The number of nitrogens with one attached hydrogen (secondary N) is 2. The molecule has 2 N–H and O–H groups in total. The predicted molar refractivity (Wildman–Crippen MR) is 129 cm³/mol. The highest BCUT2D eigenvalue weighted by atomic mass is 35.5. The first-order chi connectivity index (χ1) is 15.1. The van der Waals surface area contributed by atoms with Gasteiger partial charge in [-0.3, -0.25) is 9.52 Å². The van der Waals surface area contributed by atoms with E-state index in [0.29, 0.717) is 27.0 Å². The fraction of sp³-hybridized carbons (Fsp3) is 0.0476. The first-order valence-corrected chi connectivity index (χ1v) is 12.5. The van der Waals surface area contributed by atoms with Gasteiger partial charge >= 0.3 is 0 Å². The van der Waals surface area contributed by atoms with Crippen LogP contribution in [0.4, 0.5) is 11.4 Å². The van der Waals surface area contributed by atoms with Gasteiger partial charge in [0.1, 0.15) is 10.9 Å². The minimum Gasteiger partial charge on any atom is -0.439 e. The lowest BCUT2D eigenvalue weighted by Gasteiger charge is -2.08. The van der Waals surface area contributed by atoms with Gasteiger partial charge in [0, 0.05) is 27.2 Å². The standard InChI is InChI=1S/C21H15Cl2N3O4S2/c1-32(28,29)26-14-4-7-17-12(8-14)9-18(31-17)21(27)24-15-10-19(23)25-20(11-15)30-16-5-2-13(22)3-6-16/h2-11,26H,1H3,(H,24,25,27). The van der Waals surface area contributed by atoms with Crippen molar-refractivity contribution in [3.63, 3.8) is 0 Å². The Bertz CT molecular complexity index is 1420. The molecule has 0 bridgehead atoms. The molecule has 32 heavy (non-hydrogen) atoms. The van der Waals surface area contributed by atoms with E-state index in [1.54, 1.807) is 54.6 Å². The number of pyridine rings is 1. The van der Waals surface area contributed by atoms with E-state index in [2.05, 4.69) is 15.0 Å². The number of aromatic nitrogens is 1. The number of hydrogen-bond acceptors (Lipinski definition) is 6. The van der Waals surface area contributed by atoms with E-state index in [1.165, 1.54) is 17.4 Å². The van der Waals surface area contributed by atoms with Crippen LogP contribution in [0.15, 0.2) is 60.7 Å². The molecule has 4 aromatic rings. The molecule has 0 saturated heterocycles. The average molecular weight is 508 g/mol. The van der Waals surface area contributed by atoms with Crippen LogP contribution in [0.2, 0.25) is 10.2 Å². The van der Waals surface area contributed by atoms with Gasteiger partial charge in [-0.25, -0.2) is 13.4 Å². The number of fused-ring (bicyclic) bond motifs is 1. The molecule has 0 radical (unpaired) electrons. The van der Waals surface area contributed by atoms with Crippen LogP contribution in [-0.4, -0.2) is 25.6 Å². The number of sulfonamides is 1. The summed E-state index contributed by atoms with van der Waals surface area (Å²) in [5.74, 6) is 0.385. The van der Waals surface area contributed by atoms with Crippen LogP contribution in [0.1, 0.15) is 9.67 Å². The van der Waals surface area contributed by atoms with Crippen LogP contribution in [-0.2, 0) is 10.0 Å². The Morgan fingerprint density at radius 2 is 1.75 bits per heavy atom. The monoisotopic (exact) mass is 507 g/mol. The number of carbonyl (C=O) groups is 1. The fourth-order valence-electron chi connectivity index (χ4n) is 2.85. The number of carbonyl (C=O) groups excluding carboxylic acids is 1. The van der Waals surface area contributed by atoms with Crippen molar-refractivity contribution in [1.29, 1.82) is 0 Å². The largest absolute Gasteiger partial charge is 0.439 e. The number of nitrogens with zero attached hydrogens (tertiary/aromatic N) is 1. The summed E-state index contributed by atoms with van der Waals surface area (Å²) in [6.07, 6.45) is 1.08. The van der Waals surface area contributed by atoms with Gasteiger partial charge < -0.3 is 10.1 Å². The van der Waals surface area contributed by atoms with Gasteiger partial charge in [-0.05, 0) is 60.0 Å². The van der Waals surface area contributed by atoms with Crippen LogP contribution in [0.25, 0.3) is 10.1 Å². The summed E-state index contributed by atoms with van der Waals surface area (Å²) in [7, 11) is -3.39. The quantitative estimate of drug-likeness (QED) is 0.311. The molecular weight excluding hydrogens is 493 g/mol. The summed E-state index contributed by atoms with van der Waals surface area (Å²) in [4.78, 5) is 17.3. The number of anilines is 2. The van der Waals surface area contributed by atoms with Crippen molar-refractivity contribution >= 4 is 71.9 Å². The van der Waals surface area contributed by atoms with Crippen LogP contribution in [0, 0.1) is 0 Å². The van der Waals surface area contributed by atoms with E-state index < -0.39 is 10.0 Å². The second-order valence-electron chi connectivity index (χ2n) is 6.76. The Hall–Kier alpha value is -2.85. The molecule has 2 heterocycles. The molecule has 0 aliphatic rings. The van der Waals surface area contributed by atoms with Crippen molar-refractivity contribution < 1.29 is 17.9 Å². The third-order valence-electron chi connectivity index (χ3n) is 4.11. The topological polar surface area (TPSA) is 97.4 Å². The summed E-state index contributed by atoms with van der Waals surface area (Å²) in [6, 6.07) is 16.6. The number of benzene rings is 2. The molecule has 2 aromatic carbocycles. The van der Waals surface area contributed by atoms with Crippen molar-refractivity contribution in [2.24, 2.45) is 0 Å². The van der Waals surface area contributed by atoms with Crippen molar-refractivity contribution in [2.45, 2.75) is 0 Å². The van der Waals surface area contributed by atoms with Crippen molar-refractivity contribution in [3.05, 3.63) is 75.7 Å². The predicted octanol–water partition coefficient (Wildman–Crippen LogP) is 6.02. The summed E-state index contributed by atoms with van der Waals surface area (Å²) in [6.45, 7) is 0. The third kappa shape index (κ3) is 5.68. The van der Waals surface area contributed by atoms with E-state index in [1.807, 2.05) is 0 Å². The van der Waals surface area contributed by atoms with E-state index in [-0.39, 0.29) is 16.9 Å². The lowest BCUT2D eigenvalue weighted by atomic mass is 10.2. The zero-order valence-electron chi connectivity index (χ0n) is 16.4. The zero-order chi connectivity index (χ0) is 22.9. The molecule has 0 unspecified atom stereocenters. The average Bonchev–Trinajstić information content (AvgIpc) is 3.12. The Morgan fingerprint density at radius 3 is 2.47 bits per heavy atom. The number of thiophene rings is 1. The molecule has 7 nitrogen and oxygen atoms in total. The Kier molecular flexibility index (Phi) is 6.25. The second kappa shape index (κ2) is 8.95. The Balaban J connectivity index is 1.53. The molecule has 11 heteroatoms. The van der Waals surface area contributed by atoms with E-state index in [4.69, 9.17) is 27.9 Å². The minimum atomic E-state index is -3.39. The highest BCUT2D eigenvalue weighted by molar-refractivity contribution is 7.92. The second-order valence-corrected chi connectivity index (χ2v) is 10.4. The first-order valence-electron chi connectivity index (χ1n) is 9.08. The van der Waals surface area contributed by atoms with Gasteiger partial charge in [-0.2, -0.15) is 0 Å². The number of amides is 1. The molecule has 0 aliphatic heterocycles. The molecule has 0 spiro atoms. The van der Waals surface area contributed by atoms with Crippen molar-refractivity contribution in [3.8, 4) is 11.6 Å². The Labute approximate surface area is 198 Å². The number of halogens is 2. The molecule has 0 saturated carbocycles. The van der Waals surface area contributed by atoms with Crippen LogP contribution in [0.3, 0.4) is 0 Å². The minimum absolute atomic E-state index is 0.152. The SMILES string of the molecule is CS(=O)(=O)Nc1ccc2sc(C(=O)Nc3cc(Cl)nc(Oc4ccc(Cl)cc4)c3)cc2c1. The molecule has 4 rings (SSSR count). The molecule has 0 aliphatic carbocycles. The highest BCUT2D eigenvalue weighted by Crippen LogP contribution is 2.30. The molecule has 164 valence electrons. The number of ether oxygens (including phenoxy) is 1. The summed E-state index contributed by atoms with van der Waals surface area (Å²) < 4.78 is 31.8. The van der Waals surface area contributed by atoms with E-state index >= 15 is 0 Å². The van der Waals surface area contributed by atoms with Crippen LogP contribution >= 0.6 is 34.5 Å². The van der Waals surface area contributed by atoms with E-state index in [9.17, 15) is 13.2 Å². The number of rotatable bonds is 6.